The van der Waals surface area contributed by atoms with Crippen molar-refractivity contribution in [2.45, 2.75) is 32.9 Å². The Kier molecular flexibility index (Phi) is 9.04. The molecule has 0 saturated heterocycles. The highest BCUT2D eigenvalue weighted by molar-refractivity contribution is 6.31. The number of amides is 1. The summed E-state index contributed by atoms with van der Waals surface area (Å²) in [6.45, 7) is 5.85. The predicted molar refractivity (Wildman–Crippen MR) is 152 cm³/mol. The largest absolute Gasteiger partial charge is 0.330 e. The lowest BCUT2D eigenvalue weighted by Gasteiger charge is -2.34. The van der Waals surface area contributed by atoms with Crippen LogP contribution < -0.4 is 5.73 Å². The number of imidazole rings is 1. The summed E-state index contributed by atoms with van der Waals surface area (Å²) < 4.78 is 2.15. The lowest BCUT2D eigenvalue weighted by molar-refractivity contribution is 0.0604. The van der Waals surface area contributed by atoms with E-state index in [-0.39, 0.29) is 17.9 Å². The van der Waals surface area contributed by atoms with Crippen LogP contribution in [0.25, 0.3) is 11.3 Å². The van der Waals surface area contributed by atoms with Crippen LogP contribution in [0.3, 0.4) is 0 Å². The van der Waals surface area contributed by atoms with E-state index in [1.807, 2.05) is 53.6 Å². The molecule has 0 spiro atoms. The van der Waals surface area contributed by atoms with Crippen LogP contribution in [0.15, 0.2) is 85.1 Å². The van der Waals surface area contributed by atoms with Crippen LogP contribution in [-0.2, 0) is 6.54 Å². The molecule has 0 fully saturated rings. The van der Waals surface area contributed by atoms with Crippen LogP contribution in [0.1, 0.15) is 48.1 Å². The topological polar surface area (TPSA) is 64.2 Å². The van der Waals surface area contributed by atoms with Gasteiger partial charge in [0, 0.05) is 40.5 Å². The monoisotopic (exact) mass is 534 g/mol. The van der Waals surface area contributed by atoms with Crippen molar-refractivity contribution in [1.82, 2.24) is 14.5 Å². The summed E-state index contributed by atoms with van der Waals surface area (Å²) in [5.74, 6) is 0.819. The van der Waals surface area contributed by atoms with Crippen molar-refractivity contribution in [3.05, 3.63) is 112 Å². The van der Waals surface area contributed by atoms with Gasteiger partial charge in [0.1, 0.15) is 5.82 Å². The molecule has 0 bridgehead atoms. The molecule has 4 rings (SSSR count). The van der Waals surface area contributed by atoms with Gasteiger partial charge in [0.15, 0.2) is 0 Å². The number of carbonyl (C=O) groups is 1. The maximum atomic E-state index is 13.9. The second kappa shape index (κ2) is 12.4. The average molecular weight is 536 g/mol. The molecule has 0 radical (unpaired) electrons. The number of aromatic nitrogens is 2. The lowest BCUT2D eigenvalue weighted by Crippen LogP contribution is -2.40. The number of carbonyl (C=O) groups excluding carboxylic acids is 1. The number of rotatable bonds is 10. The molecule has 1 atom stereocenters. The number of nitrogens with zero attached hydrogens (tertiary/aromatic N) is 3. The van der Waals surface area contributed by atoms with Crippen LogP contribution in [0.5, 0.6) is 0 Å². The van der Waals surface area contributed by atoms with E-state index in [9.17, 15) is 4.79 Å². The molecule has 0 saturated carbocycles. The molecule has 5 nitrogen and oxygen atoms in total. The molecule has 0 aliphatic carbocycles. The van der Waals surface area contributed by atoms with Gasteiger partial charge in [-0.05, 0) is 54.8 Å². The Morgan fingerprint density at radius 1 is 0.973 bits per heavy atom. The zero-order chi connectivity index (χ0) is 26.4. The van der Waals surface area contributed by atoms with Crippen LogP contribution in [0.4, 0.5) is 0 Å². The molecule has 1 amide bonds. The third-order valence-electron chi connectivity index (χ3n) is 6.29. The van der Waals surface area contributed by atoms with E-state index in [2.05, 4.69) is 30.5 Å². The SMILES string of the molecule is CC(C)[C@H](c1nc(-c2cccc(Cl)c2)cn1Cc1ccccc1)N(CCCN)C(=O)c1cccc(Cl)c1. The number of nitrogens with two attached hydrogens (primary N) is 1. The van der Waals surface area contributed by atoms with E-state index in [0.717, 1.165) is 22.6 Å². The second-order valence-corrected chi connectivity index (χ2v) is 10.3. The quantitative estimate of drug-likeness (QED) is 0.236. The number of hydrogen-bond acceptors (Lipinski definition) is 3. The maximum Gasteiger partial charge on any atom is 0.254 e. The smallest absolute Gasteiger partial charge is 0.254 e. The number of hydrogen-bond donors (Lipinski definition) is 1. The minimum atomic E-state index is -0.283. The zero-order valence-corrected chi connectivity index (χ0v) is 22.7. The molecule has 0 unspecified atom stereocenters. The summed E-state index contributed by atoms with van der Waals surface area (Å²) >= 11 is 12.5. The average Bonchev–Trinajstić information content (AvgIpc) is 3.29. The Bertz CT molecular complexity index is 1340. The van der Waals surface area contributed by atoms with Crippen molar-refractivity contribution in [3.8, 4) is 11.3 Å². The molecular formula is C30H32Cl2N4O. The van der Waals surface area contributed by atoms with Crippen molar-refractivity contribution in [2.75, 3.05) is 13.1 Å². The molecule has 7 heteroatoms. The third-order valence-corrected chi connectivity index (χ3v) is 6.76. The van der Waals surface area contributed by atoms with Gasteiger partial charge in [-0.15, -0.1) is 0 Å². The van der Waals surface area contributed by atoms with E-state index in [1.54, 1.807) is 24.3 Å². The second-order valence-electron chi connectivity index (χ2n) is 9.45. The summed E-state index contributed by atoms with van der Waals surface area (Å²) in [5.41, 5.74) is 9.33. The molecular weight excluding hydrogens is 503 g/mol. The van der Waals surface area contributed by atoms with E-state index in [4.69, 9.17) is 33.9 Å². The Morgan fingerprint density at radius 2 is 1.68 bits per heavy atom. The Hall–Kier alpha value is -3.12. The van der Waals surface area contributed by atoms with E-state index in [1.165, 1.54) is 0 Å². The molecule has 192 valence electrons. The predicted octanol–water partition coefficient (Wildman–Crippen LogP) is 7.09. The number of benzene rings is 3. The number of halogens is 2. The zero-order valence-electron chi connectivity index (χ0n) is 21.1. The standard InChI is InChI=1S/C30H32Cl2N4O/c1-21(2)28(36(16-8-15-33)30(37)24-12-7-14-26(32)18-24)29-34-27(23-11-6-13-25(31)17-23)20-35(29)19-22-9-4-3-5-10-22/h3-7,9-14,17-18,20-21,28H,8,15-16,19,33H2,1-2H3/t28-/m1/s1. The fraction of sp³-hybridized carbons (Fsp3) is 0.267. The highest BCUT2D eigenvalue weighted by atomic mass is 35.5. The van der Waals surface area contributed by atoms with Crippen molar-refractivity contribution >= 4 is 29.1 Å². The first-order valence-electron chi connectivity index (χ1n) is 12.5. The van der Waals surface area contributed by atoms with Crippen LogP contribution in [-0.4, -0.2) is 33.4 Å². The van der Waals surface area contributed by atoms with E-state index in [0.29, 0.717) is 41.7 Å². The minimum absolute atomic E-state index is 0.0880. The van der Waals surface area contributed by atoms with Crippen molar-refractivity contribution in [3.63, 3.8) is 0 Å². The summed E-state index contributed by atoms with van der Waals surface area (Å²) in [6, 6.07) is 24.7. The maximum absolute atomic E-state index is 13.9. The van der Waals surface area contributed by atoms with E-state index >= 15 is 0 Å². The van der Waals surface area contributed by atoms with Crippen molar-refractivity contribution in [2.24, 2.45) is 11.7 Å². The molecule has 0 aliphatic rings. The van der Waals surface area contributed by atoms with Crippen LogP contribution in [0, 0.1) is 5.92 Å². The van der Waals surface area contributed by atoms with Crippen molar-refractivity contribution < 1.29 is 4.79 Å². The molecule has 3 aromatic carbocycles. The van der Waals surface area contributed by atoms with Crippen molar-refractivity contribution in [1.29, 1.82) is 0 Å². The summed E-state index contributed by atoms with van der Waals surface area (Å²) in [4.78, 5) is 20.9. The highest BCUT2D eigenvalue weighted by Gasteiger charge is 2.32. The normalized spacial score (nSPS) is 12.1. The van der Waals surface area contributed by atoms with Gasteiger partial charge in [-0.3, -0.25) is 4.79 Å². The van der Waals surface area contributed by atoms with Gasteiger partial charge in [0.05, 0.1) is 11.7 Å². The first-order chi connectivity index (χ1) is 17.9. The van der Waals surface area contributed by atoms with Crippen LogP contribution >= 0.6 is 23.2 Å². The molecule has 4 aromatic rings. The third kappa shape index (κ3) is 6.61. The molecule has 2 N–H and O–H groups in total. The summed E-state index contributed by atoms with van der Waals surface area (Å²) in [6.07, 6.45) is 2.73. The first kappa shape index (κ1) is 26.9. The van der Waals surface area contributed by atoms with Gasteiger partial charge in [-0.2, -0.15) is 0 Å². The van der Waals surface area contributed by atoms with Gasteiger partial charge >= 0.3 is 0 Å². The first-order valence-corrected chi connectivity index (χ1v) is 13.3. The minimum Gasteiger partial charge on any atom is -0.330 e. The summed E-state index contributed by atoms with van der Waals surface area (Å²) in [7, 11) is 0. The van der Waals surface area contributed by atoms with Gasteiger partial charge in [-0.25, -0.2) is 4.98 Å². The molecule has 0 aliphatic heterocycles. The van der Waals surface area contributed by atoms with E-state index < -0.39 is 0 Å². The molecule has 37 heavy (non-hydrogen) atoms. The Balaban J connectivity index is 1.83. The van der Waals surface area contributed by atoms with Gasteiger partial charge in [-0.1, -0.05) is 85.6 Å². The summed E-state index contributed by atoms with van der Waals surface area (Å²) in [5, 5.41) is 1.18. The lowest BCUT2D eigenvalue weighted by atomic mass is 9.99. The molecule has 1 heterocycles. The fourth-order valence-electron chi connectivity index (χ4n) is 4.57. The molecule has 1 aromatic heterocycles. The highest BCUT2D eigenvalue weighted by Crippen LogP contribution is 2.33. The van der Waals surface area contributed by atoms with Crippen LogP contribution in [0.2, 0.25) is 10.0 Å². The van der Waals surface area contributed by atoms with Gasteiger partial charge in [0.25, 0.3) is 5.91 Å². The van der Waals surface area contributed by atoms with Gasteiger partial charge < -0.3 is 15.2 Å². The van der Waals surface area contributed by atoms with Gasteiger partial charge in [0.2, 0.25) is 0 Å². The Labute approximate surface area is 228 Å². The Morgan fingerprint density at radius 3 is 2.32 bits per heavy atom. The fourth-order valence-corrected chi connectivity index (χ4v) is 4.95.